The molecule has 0 saturated heterocycles. The Morgan fingerprint density at radius 1 is 1.25 bits per heavy atom. The minimum Gasteiger partial charge on any atom is -0.393 e. The normalized spacial score (nSPS) is 12.2. The molecule has 4 nitrogen and oxygen atoms in total. The third-order valence-electron chi connectivity index (χ3n) is 2.17. The van der Waals surface area contributed by atoms with Crippen molar-refractivity contribution in [2.24, 2.45) is 0 Å². The Labute approximate surface area is 97.1 Å². The smallest absolute Gasteiger partial charge is 0.128 e. The fourth-order valence-corrected chi connectivity index (χ4v) is 1.29. The van der Waals surface area contributed by atoms with Gasteiger partial charge in [0.1, 0.15) is 11.6 Å². The Morgan fingerprint density at radius 2 is 1.88 bits per heavy atom. The van der Waals surface area contributed by atoms with Gasteiger partial charge in [-0.2, -0.15) is 0 Å². The van der Waals surface area contributed by atoms with E-state index in [1.165, 1.54) is 0 Å². The van der Waals surface area contributed by atoms with Crippen molar-refractivity contribution in [2.45, 2.75) is 32.8 Å². The van der Waals surface area contributed by atoms with Gasteiger partial charge in [-0.15, -0.1) is 0 Å². The van der Waals surface area contributed by atoms with E-state index in [2.05, 4.69) is 22.5 Å². The molecule has 0 fully saturated rings. The Balaban J connectivity index is 2.40. The Bertz CT molecular complexity index is 302. The monoisotopic (exact) mass is 223 g/mol. The Kier molecular flexibility index (Phi) is 5.64. The molecule has 1 aromatic rings. The van der Waals surface area contributed by atoms with Crippen LogP contribution in [0.15, 0.2) is 18.2 Å². The van der Waals surface area contributed by atoms with Crippen molar-refractivity contribution in [3.63, 3.8) is 0 Å². The predicted octanol–water partition coefficient (Wildman–Crippen LogP) is 2.09. The maximum absolute atomic E-state index is 9.13. The van der Waals surface area contributed by atoms with Gasteiger partial charge < -0.3 is 15.7 Å². The highest BCUT2D eigenvalue weighted by atomic mass is 16.3. The number of aliphatic hydroxyl groups is 1. The average molecular weight is 223 g/mol. The Morgan fingerprint density at radius 3 is 2.44 bits per heavy atom. The number of hydrogen-bond acceptors (Lipinski definition) is 4. The van der Waals surface area contributed by atoms with E-state index in [1.54, 1.807) is 6.92 Å². The lowest BCUT2D eigenvalue weighted by molar-refractivity contribution is 0.188. The molecule has 0 bridgehead atoms. The summed E-state index contributed by atoms with van der Waals surface area (Å²) in [5.41, 5.74) is 0. The number of nitrogens with zero attached hydrogens (tertiary/aromatic N) is 1. The van der Waals surface area contributed by atoms with Gasteiger partial charge in [-0.25, -0.2) is 4.98 Å². The zero-order chi connectivity index (χ0) is 11.8. The van der Waals surface area contributed by atoms with Crippen LogP contribution in [0.2, 0.25) is 0 Å². The zero-order valence-electron chi connectivity index (χ0n) is 10.0. The lowest BCUT2D eigenvalue weighted by Crippen LogP contribution is -2.11. The van der Waals surface area contributed by atoms with E-state index in [-0.39, 0.29) is 6.10 Å². The summed E-state index contributed by atoms with van der Waals surface area (Å²) >= 11 is 0. The maximum atomic E-state index is 9.13. The molecule has 0 aliphatic rings. The largest absolute Gasteiger partial charge is 0.393 e. The van der Waals surface area contributed by atoms with Crippen LogP contribution in [0.3, 0.4) is 0 Å². The molecule has 1 heterocycles. The van der Waals surface area contributed by atoms with Gasteiger partial charge in [-0.3, -0.25) is 0 Å². The van der Waals surface area contributed by atoms with E-state index in [9.17, 15) is 0 Å². The van der Waals surface area contributed by atoms with Gasteiger partial charge in [-0.05, 0) is 31.9 Å². The van der Waals surface area contributed by atoms with Crippen LogP contribution in [0.25, 0.3) is 0 Å². The van der Waals surface area contributed by atoms with Crippen molar-refractivity contribution < 1.29 is 5.11 Å². The third-order valence-corrected chi connectivity index (χ3v) is 2.17. The summed E-state index contributed by atoms with van der Waals surface area (Å²) in [5, 5.41) is 15.5. The maximum Gasteiger partial charge on any atom is 0.128 e. The summed E-state index contributed by atoms with van der Waals surface area (Å²) in [5.74, 6) is 1.74. The van der Waals surface area contributed by atoms with Gasteiger partial charge in [-0.1, -0.05) is 13.0 Å². The van der Waals surface area contributed by atoms with Gasteiger partial charge in [0.05, 0.1) is 6.10 Å². The second-order valence-corrected chi connectivity index (χ2v) is 3.90. The molecule has 0 radical (unpaired) electrons. The molecular formula is C12H21N3O. The van der Waals surface area contributed by atoms with Crippen LogP contribution in [-0.4, -0.2) is 29.3 Å². The first kappa shape index (κ1) is 12.8. The molecule has 0 spiro atoms. The minimum atomic E-state index is -0.270. The van der Waals surface area contributed by atoms with E-state index in [4.69, 9.17) is 5.11 Å². The summed E-state index contributed by atoms with van der Waals surface area (Å²) in [7, 11) is 0. The average Bonchev–Trinajstić information content (AvgIpc) is 2.26. The molecule has 1 unspecified atom stereocenters. The summed E-state index contributed by atoms with van der Waals surface area (Å²) in [4.78, 5) is 4.40. The molecule has 4 heteroatoms. The molecule has 0 aromatic carbocycles. The van der Waals surface area contributed by atoms with Crippen molar-refractivity contribution in [3.8, 4) is 0 Å². The first-order chi connectivity index (χ1) is 7.72. The standard InChI is InChI=1S/C12H21N3O/c1-3-8-13-11-5-4-6-12(15-11)14-9-7-10(2)16/h4-6,10,16H,3,7-9H2,1-2H3,(H2,13,14,15). The lowest BCUT2D eigenvalue weighted by atomic mass is 10.3. The van der Waals surface area contributed by atoms with Crippen LogP contribution in [0.5, 0.6) is 0 Å². The number of hydrogen-bond donors (Lipinski definition) is 3. The fraction of sp³-hybridized carbons (Fsp3) is 0.583. The second kappa shape index (κ2) is 7.06. The highest BCUT2D eigenvalue weighted by Gasteiger charge is 1.98. The van der Waals surface area contributed by atoms with Gasteiger partial charge in [0, 0.05) is 13.1 Å². The van der Waals surface area contributed by atoms with Crippen molar-refractivity contribution >= 4 is 11.6 Å². The quantitative estimate of drug-likeness (QED) is 0.662. The molecule has 0 saturated carbocycles. The number of nitrogens with one attached hydrogen (secondary N) is 2. The third kappa shape index (κ3) is 4.98. The highest BCUT2D eigenvalue weighted by Crippen LogP contribution is 2.09. The van der Waals surface area contributed by atoms with Crippen LogP contribution >= 0.6 is 0 Å². The van der Waals surface area contributed by atoms with Gasteiger partial charge >= 0.3 is 0 Å². The fourth-order valence-electron chi connectivity index (χ4n) is 1.29. The highest BCUT2D eigenvalue weighted by molar-refractivity contribution is 5.44. The first-order valence-electron chi connectivity index (χ1n) is 5.85. The molecule has 0 aliphatic carbocycles. The molecular weight excluding hydrogens is 202 g/mol. The zero-order valence-corrected chi connectivity index (χ0v) is 10.0. The lowest BCUT2D eigenvalue weighted by Gasteiger charge is -2.09. The van der Waals surface area contributed by atoms with E-state index in [0.717, 1.165) is 37.6 Å². The predicted molar refractivity (Wildman–Crippen MR) is 67.8 cm³/mol. The van der Waals surface area contributed by atoms with Crippen LogP contribution in [0.4, 0.5) is 11.6 Å². The van der Waals surface area contributed by atoms with E-state index in [1.807, 2.05) is 18.2 Å². The molecule has 1 rings (SSSR count). The van der Waals surface area contributed by atoms with Crippen molar-refractivity contribution in [3.05, 3.63) is 18.2 Å². The number of pyridine rings is 1. The molecule has 16 heavy (non-hydrogen) atoms. The first-order valence-corrected chi connectivity index (χ1v) is 5.85. The summed E-state index contributed by atoms with van der Waals surface area (Å²) in [6.07, 6.45) is 1.55. The molecule has 90 valence electrons. The second-order valence-electron chi connectivity index (χ2n) is 3.90. The van der Waals surface area contributed by atoms with Crippen LogP contribution in [0.1, 0.15) is 26.7 Å². The van der Waals surface area contributed by atoms with Gasteiger partial charge in [0.2, 0.25) is 0 Å². The summed E-state index contributed by atoms with van der Waals surface area (Å²) in [6.45, 7) is 5.58. The Hall–Kier alpha value is -1.29. The van der Waals surface area contributed by atoms with Crippen molar-refractivity contribution in [1.82, 2.24) is 4.98 Å². The summed E-state index contributed by atoms with van der Waals surface area (Å²) in [6, 6.07) is 5.85. The molecule has 0 aliphatic heterocycles. The van der Waals surface area contributed by atoms with E-state index < -0.39 is 0 Å². The van der Waals surface area contributed by atoms with Crippen LogP contribution < -0.4 is 10.6 Å². The molecule has 3 N–H and O–H groups in total. The number of aliphatic hydroxyl groups excluding tert-OH is 1. The van der Waals surface area contributed by atoms with Crippen LogP contribution in [0, 0.1) is 0 Å². The van der Waals surface area contributed by atoms with Crippen molar-refractivity contribution in [2.75, 3.05) is 23.7 Å². The SMILES string of the molecule is CCCNc1cccc(NCCC(C)O)n1. The molecule has 1 aromatic heterocycles. The van der Waals surface area contributed by atoms with E-state index >= 15 is 0 Å². The van der Waals surface area contributed by atoms with Crippen LogP contribution in [-0.2, 0) is 0 Å². The van der Waals surface area contributed by atoms with Gasteiger partial charge in [0.15, 0.2) is 0 Å². The number of aromatic nitrogens is 1. The van der Waals surface area contributed by atoms with Gasteiger partial charge in [0.25, 0.3) is 0 Å². The van der Waals surface area contributed by atoms with E-state index in [0.29, 0.717) is 0 Å². The molecule has 1 atom stereocenters. The van der Waals surface area contributed by atoms with Crippen molar-refractivity contribution in [1.29, 1.82) is 0 Å². The minimum absolute atomic E-state index is 0.270. The number of anilines is 2. The molecule has 0 amide bonds. The topological polar surface area (TPSA) is 57.2 Å². The summed E-state index contributed by atoms with van der Waals surface area (Å²) < 4.78 is 0. The number of rotatable bonds is 7.